The summed E-state index contributed by atoms with van der Waals surface area (Å²) < 4.78 is 25.6. The van der Waals surface area contributed by atoms with Gasteiger partial charge in [0, 0.05) is 18.3 Å². The zero-order valence-electron chi connectivity index (χ0n) is 38.9. The average Bonchev–Trinajstić information content (AvgIpc) is 3.55. The second kappa shape index (κ2) is 21.5. The second-order valence-corrected chi connectivity index (χ2v) is 28.4. The lowest BCUT2D eigenvalue weighted by Crippen LogP contribution is -2.54. The molecule has 2 atom stereocenters. The topological polar surface area (TPSA) is 36.9 Å². The first-order valence-electron chi connectivity index (χ1n) is 24.7. The molecule has 2 unspecified atom stereocenters. The van der Waals surface area contributed by atoms with Crippen molar-refractivity contribution in [1.29, 1.82) is 0 Å². The molecule has 0 amide bonds. The van der Waals surface area contributed by atoms with Crippen LogP contribution in [0.15, 0.2) is 84.9 Å². The van der Waals surface area contributed by atoms with E-state index in [-0.39, 0.29) is 18.0 Å². The highest BCUT2D eigenvalue weighted by molar-refractivity contribution is 7.01. The van der Waals surface area contributed by atoms with E-state index >= 15 is 0 Å². The maximum absolute atomic E-state index is 6.70. The number of rotatable bonds is 22. The van der Waals surface area contributed by atoms with Gasteiger partial charge in [0.1, 0.15) is 27.6 Å². The molecule has 7 rings (SSSR count). The minimum atomic E-state index is -2.21. The highest BCUT2D eigenvalue weighted by atomic mass is 28.3. The summed E-state index contributed by atoms with van der Waals surface area (Å²) in [6.07, 6.45) is 24.4. The number of fused-ring (bicyclic) bond motifs is 3. The number of ether oxygens (including phenoxy) is 4. The maximum atomic E-state index is 6.70. The van der Waals surface area contributed by atoms with Crippen LogP contribution in [0.2, 0.25) is 26.2 Å². The Morgan fingerprint density at radius 2 is 0.918 bits per heavy atom. The molecule has 61 heavy (non-hydrogen) atoms. The first-order valence-corrected chi connectivity index (χ1v) is 30.7. The van der Waals surface area contributed by atoms with Crippen LogP contribution in [0.1, 0.15) is 153 Å². The Labute approximate surface area is 372 Å². The molecule has 0 radical (unpaired) electrons. The fourth-order valence-corrected chi connectivity index (χ4v) is 15.9. The van der Waals surface area contributed by atoms with E-state index < -0.39 is 16.1 Å². The van der Waals surface area contributed by atoms with Crippen LogP contribution in [-0.4, -0.2) is 41.9 Å². The highest BCUT2D eigenvalue weighted by Crippen LogP contribution is 2.54. The Kier molecular flexibility index (Phi) is 16.1. The standard InChI is InChI=1S/C55H78O4Si2/c1-7-9-11-13-15-23-37-55(38-24-16-14-12-10-8-2)47-41-43(60(3,4)51-29-19-17-27-49(51)58-53-31-21-25-39-56-53)33-35-45(47)46-36-34-44(42-48(46)55)61(5,6)52-30-20-18-28-50(52)59-54-32-22-26-40-57-54/h17-20,27-30,33-36,41-42,53-54H,7-16,21-26,31-32,37-40H2,1-6H3. The fraction of sp³-hybridized carbons (Fsp3) is 0.564. The van der Waals surface area contributed by atoms with Crippen molar-refractivity contribution in [2.75, 3.05) is 13.2 Å². The van der Waals surface area contributed by atoms with Crippen molar-refractivity contribution in [3.8, 4) is 22.6 Å². The number of benzene rings is 4. The lowest BCUT2D eigenvalue weighted by molar-refractivity contribution is -0.105. The Hall–Kier alpha value is -3.17. The Morgan fingerprint density at radius 1 is 0.508 bits per heavy atom. The third-order valence-electron chi connectivity index (χ3n) is 14.6. The molecule has 0 saturated carbocycles. The van der Waals surface area contributed by atoms with E-state index in [9.17, 15) is 0 Å². The molecule has 0 bridgehead atoms. The quantitative estimate of drug-likeness (QED) is 0.0583. The highest BCUT2D eigenvalue weighted by Gasteiger charge is 2.45. The van der Waals surface area contributed by atoms with Gasteiger partial charge in [-0.1, -0.05) is 200 Å². The van der Waals surface area contributed by atoms with Gasteiger partial charge in [-0.05, 0) is 83.3 Å². The monoisotopic (exact) mass is 859 g/mol. The molecular formula is C55H78O4Si2. The van der Waals surface area contributed by atoms with Crippen molar-refractivity contribution in [2.24, 2.45) is 0 Å². The molecule has 4 nitrogen and oxygen atoms in total. The van der Waals surface area contributed by atoms with Crippen molar-refractivity contribution in [3.05, 3.63) is 96.1 Å². The minimum Gasteiger partial charge on any atom is -0.465 e. The van der Waals surface area contributed by atoms with Crippen molar-refractivity contribution in [3.63, 3.8) is 0 Å². The summed E-state index contributed by atoms with van der Waals surface area (Å²) in [6, 6.07) is 33.2. The molecule has 330 valence electrons. The lowest BCUT2D eigenvalue weighted by Gasteiger charge is -2.35. The van der Waals surface area contributed by atoms with Crippen LogP contribution in [0, 0.1) is 0 Å². The van der Waals surface area contributed by atoms with Gasteiger partial charge < -0.3 is 18.9 Å². The van der Waals surface area contributed by atoms with Crippen molar-refractivity contribution < 1.29 is 18.9 Å². The molecule has 1 aliphatic carbocycles. The number of hydrogen-bond donors (Lipinski definition) is 0. The smallest absolute Gasteiger partial charge is 0.199 e. The first kappa shape index (κ1) is 45.8. The molecule has 4 aromatic carbocycles. The number of hydrogen-bond acceptors (Lipinski definition) is 4. The van der Waals surface area contributed by atoms with Gasteiger partial charge in [-0.3, -0.25) is 0 Å². The van der Waals surface area contributed by atoms with E-state index in [0.717, 1.165) is 63.2 Å². The summed E-state index contributed by atoms with van der Waals surface area (Å²) in [5, 5.41) is 5.74. The molecule has 0 spiro atoms. The summed E-state index contributed by atoms with van der Waals surface area (Å²) in [7, 11) is -4.41. The SMILES string of the molecule is CCCCCCCCC1(CCCCCCCC)c2cc([Si](C)(C)c3ccccc3OC3CCCCO3)ccc2-c2ccc([Si](C)(C)c3ccccc3OC3CCCCO3)cc21. The molecule has 2 aliphatic heterocycles. The third-order valence-corrected chi connectivity index (χ3v) is 21.7. The molecule has 0 N–H and O–H groups in total. The number of para-hydroxylation sites is 2. The molecule has 4 aromatic rings. The van der Waals surface area contributed by atoms with Crippen molar-refractivity contribution in [2.45, 2.75) is 186 Å². The Bertz CT molecular complexity index is 1850. The van der Waals surface area contributed by atoms with Gasteiger partial charge in [-0.2, -0.15) is 0 Å². The van der Waals surface area contributed by atoms with Gasteiger partial charge in [0.05, 0.1) is 13.2 Å². The maximum Gasteiger partial charge on any atom is 0.199 e. The van der Waals surface area contributed by atoms with Gasteiger partial charge in [0.2, 0.25) is 0 Å². The Morgan fingerprint density at radius 3 is 1.33 bits per heavy atom. The molecule has 0 aromatic heterocycles. The zero-order valence-corrected chi connectivity index (χ0v) is 40.9. The van der Waals surface area contributed by atoms with Crippen LogP contribution >= 0.6 is 0 Å². The van der Waals surface area contributed by atoms with Gasteiger partial charge in [-0.15, -0.1) is 0 Å². The van der Waals surface area contributed by atoms with Crippen molar-refractivity contribution in [1.82, 2.24) is 0 Å². The van der Waals surface area contributed by atoms with Crippen LogP contribution in [0.4, 0.5) is 0 Å². The van der Waals surface area contributed by atoms with E-state index in [2.05, 4.69) is 125 Å². The summed E-state index contributed by atoms with van der Waals surface area (Å²) >= 11 is 0. The third kappa shape index (κ3) is 10.6. The van der Waals surface area contributed by atoms with E-state index in [1.54, 1.807) is 11.1 Å². The predicted octanol–water partition coefficient (Wildman–Crippen LogP) is 12.9. The first-order chi connectivity index (χ1) is 29.7. The Balaban J connectivity index is 1.30. The van der Waals surface area contributed by atoms with Crippen LogP contribution in [0.25, 0.3) is 11.1 Å². The van der Waals surface area contributed by atoms with E-state index in [4.69, 9.17) is 18.9 Å². The van der Waals surface area contributed by atoms with E-state index in [1.807, 2.05) is 0 Å². The van der Waals surface area contributed by atoms with Crippen molar-refractivity contribution >= 4 is 36.9 Å². The molecule has 2 heterocycles. The van der Waals surface area contributed by atoms with Gasteiger partial charge in [-0.25, -0.2) is 0 Å². The van der Waals surface area contributed by atoms with Gasteiger partial charge in [0.15, 0.2) is 12.6 Å². The average molecular weight is 859 g/mol. The van der Waals surface area contributed by atoms with Crippen LogP contribution in [0.5, 0.6) is 11.5 Å². The lowest BCUT2D eigenvalue weighted by atomic mass is 9.70. The fourth-order valence-electron chi connectivity index (χ4n) is 10.7. The predicted molar refractivity (Wildman–Crippen MR) is 263 cm³/mol. The van der Waals surface area contributed by atoms with E-state index in [0.29, 0.717) is 0 Å². The zero-order chi connectivity index (χ0) is 42.7. The van der Waals surface area contributed by atoms with Gasteiger partial charge >= 0.3 is 0 Å². The van der Waals surface area contributed by atoms with Crippen LogP contribution in [0.3, 0.4) is 0 Å². The van der Waals surface area contributed by atoms with Crippen LogP contribution in [-0.2, 0) is 14.9 Å². The summed E-state index contributed by atoms with van der Waals surface area (Å²) in [6.45, 7) is 16.4. The number of unbranched alkanes of at least 4 members (excludes halogenated alkanes) is 10. The van der Waals surface area contributed by atoms with E-state index in [1.165, 1.54) is 122 Å². The summed E-state index contributed by atoms with van der Waals surface area (Å²) in [5.41, 5.74) is 6.09. The van der Waals surface area contributed by atoms with Gasteiger partial charge in [0.25, 0.3) is 0 Å². The molecular weight excluding hydrogens is 781 g/mol. The largest absolute Gasteiger partial charge is 0.465 e. The minimum absolute atomic E-state index is 0.0148. The summed E-state index contributed by atoms with van der Waals surface area (Å²) in [4.78, 5) is 0. The molecule has 6 heteroatoms. The molecule has 2 saturated heterocycles. The van der Waals surface area contributed by atoms with Crippen LogP contribution < -0.4 is 30.2 Å². The summed E-state index contributed by atoms with van der Waals surface area (Å²) in [5.74, 6) is 2.02. The normalized spacial score (nSPS) is 18.7. The second-order valence-electron chi connectivity index (χ2n) is 19.7. The molecule has 3 aliphatic rings. The molecule has 2 fully saturated rings.